The fourth-order valence-corrected chi connectivity index (χ4v) is 1.70. The molecule has 0 rings (SSSR count). The third-order valence-corrected chi connectivity index (χ3v) is 3.78. The van der Waals surface area contributed by atoms with Gasteiger partial charge in [0.25, 0.3) is 0 Å². The third kappa shape index (κ3) is 3.54. The largest absolute Gasteiger partial charge is 0.469 e. The summed E-state index contributed by atoms with van der Waals surface area (Å²) in [6.07, 6.45) is 0.231. The molecule has 0 aromatic carbocycles. The molecule has 4 nitrogen and oxygen atoms in total. The summed E-state index contributed by atoms with van der Waals surface area (Å²) in [5.41, 5.74) is 0. The molecule has 0 saturated heterocycles. The van der Waals surface area contributed by atoms with Crippen molar-refractivity contribution in [3.63, 3.8) is 0 Å². The number of carbonyl (C=O) groups is 1. The normalized spacial score (nSPS) is 15.5. The van der Waals surface area contributed by atoms with Gasteiger partial charge in [-0.2, -0.15) is 0 Å². The first kappa shape index (κ1) is 10.7. The van der Waals surface area contributed by atoms with E-state index in [1.54, 1.807) is 6.92 Å². The summed E-state index contributed by atoms with van der Waals surface area (Å²) in [5.74, 6) is -0.489. The smallest absolute Gasteiger partial charge is 0.315 e. The first-order chi connectivity index (χ1) is 5.08. The van der Waals surface area contributed by atoms with Gasteiger partial charge < -0.3 is 9.26 Å². The summed E-state index contributed by atoms with van der Waals surface area (Å²) in [6.45, 7) is 1.72. The molecule has 0 bridgehead atoms. The average Bonchev–Trinajstić information content (AvgIpc) is 2.04. The highest BCUT2D eigenvalue weighted by Crippen LogP contribution is 2.44. The first-order valence-electron chi connectivity index (χ1n) is 3.28. The summed E-state index contributed by atoms with van der Waals surface area (Å²) >= 11 is 0. The molecule has 0 aliphatic heterocycles. The van der Waals surface area contributed by atoms with Crippen LogP contribution in [0.15, 0.2) is 0 Å². The Kier molecular flexibility index (Phi) is 4.38. The lowest BCUT2D eigenvalue weighted by atomic mass is 10.8. The number of hydrogen-bond donors (Lipinski definition) is 0. The molecule has 0 heterocycles. The molecule has 5 heteroatoms. The first-order valence-corrected chi connectivity index (χ1v) is 5.28. The molecule has 0 aliphatic rings. The minimum Gasteiger partial charge on any atom is -0.469 e. The fourth-order valence-electron chi connectivity index (χ4n) is 0.567. The van der Waals surface area contributed by atoms with Crippen LogP contribution in [-0.2, 0) is 18.6 Å². The zero-order valence-electron chi connectivity index (χ0n) is 6.99. The second-order valence-electron chi connectivity index (χ2n) is 2.05. The maximum absolute atomic E-state index is 11.4. The number of carbonyl (C=O) groups excluding carboxylic acids is 1. The van der Waals surface area contributed by atoms with E-state index in [4.69, 9.17) is 4.52 Å². The molecular weight excluding hydrogens is 167 g/mol. The maximum Gasteiger partial charge on any atom is 0.315 e. The van der Waals surface area contributed by atoms with Gasteiger partial charge in [-0.25, -0.2) is 0 Å². The molecule has 0 aliphatic carbocycles. The van der Waals surface area contributed by atoms with Crippen molar-refractivity contribution in [3.05, 3.63) is 0 Å². The monoisotopic (exact) mass is 180 g/mol. The zero-order valence-corrected chi connectivity index (χ0v) is 7.89. The molecule has 11 heavy (non-hydrogen) atoms. The van der Waals surface area contributed by atoms with E-state index in [1.165, 1.54) is 14.2 Å². The molecule has 0 spiro atoms. The van der Waals surface area contributed by atoms with Crippen LogP contribution >= 0.6 is 7.37 Å². The number of methoxy groups -OCH3 is 1. The van der Waals surface area contributed by atoms with Crippen LogP contribution in [0.1, 0.15) is 6.92 Å². The van der Waals surface area contributed by atoms with Gasteiger partial charge in [-0.15, -0.1) is 0 Å². The van der Waals surface area contributed by atoms with Gasteiger partial charge in [0.05, 0.1) is 7.11 Å². The lowest BCUT2D eigenvalue weighted by Gasteiger charge is -2.11. The lowest BCUT2D eigenvalue weighted by molar-refractivity contribution is -0.137. The summed E-state index contributed by atoms with van der Waals surface area (Å²) < 4.78 is 20.5. The molecule has 0 radical (unpaired) electrons. The molecule has 0 N–H and O–H groups in total. The van der Waals surface area contributed by atoms with E-state index < -0.39 is 13.3 Å². The summed E-state index contributed by atoms with van der Waals surface area (Å²) in [7, 11) is -0.126. The number of rotatable bonds is 4. The molecule has 0 amide bonds. The Morgan fingerprint density at radius 3 is 2.27 bits per heavy atom. The molecule has 0 aromatic heterocycles. The minimum absolute atomic E-state index is 0.128. The lowest BCUT2D eigenvalue weighted by Crippen LogP contribution is -2.09. The van der Waals surface area contributed by atoms with Crippen LogP contribution in [0.3, 0.4) is 0 Å². The third-order valence-electron chi connectivity index (χ3n) is 1.41. The Balaban J connectivity index is 4.09. The Hall–Kier alpha value is -0.340. The van der Waals surface area contributed by atoms with Gasteiger partial charge in [0.15, 0.2) is 0 Å². The molecule has 0 fully saturated rings. The fraction of sp³-hybridized carbons (Fsp3) is 0.833. The van der Waals surface area contributed by atoms with E-state index in [-0.39, 0.29) is 6.16 Å². The Morgan fingerprint density at radius 1 is 1.45 bits per heavy atom. The molecule has 0 saturated carbocycles. The summed E-state index contributed by atoms with van der Waals surface area (Å²) in [5, 5.41) is 0. The second-order valence-corrected chi connectivity index (χ2v) is 4.99. The minimum atomic E-state index is -2.73. The van der Waals surface area contributed by atoms with Crippen molar-refractivity contribution >= 4 is 13.3 Å². The van der Waals surface area contributed by atoms with E-state index in [0.29, 0.717) is 6.16 Å². The zero-order chi connectivity index (χ0) is 8.91. The molecule has 0 aromatic rings. The van der Waals surface area contributed by atoms with Crippen molar-refractivity contribution in [3.8, 4) is 0 Å². The topological polar surface area (TPSA) is 52.6 Å². The average molecular weight is 180 g/mol. The standard InChI is InChI=1S/C6H13O4P/c1-4-11(8,10-3)5-6(7)9-2/h4-5H2,1-3H3. The number of ether oxygens (including phenoxy) is 1. The second kappa shape index (κ2) is 4.52. The Labute approximate surface area is 66.3 Å². The van der Waals surface area contributed by atoms with Crippen molar-refractivity contribution in [1.82, 2.24) is 0 Å². The van der Waals surface area contributed by atoms with E-state index >= 15 is 0 Å². The van der Waals surface area contributed by atoms with Crippen LogP contribution in [0.5, 0.6) is 0 Å². The van der Waals surface area contributed by atoms with Gasteiger partial charge in [-0.1, -0.05) is 6.92 Å². The van der Waals surface area contributed by atoms with Gasteiger partial charge in [0.2, 0.25) is 7.37 Å². The van der Waals surface area contributed by atoms with Crippen LogP contribution in [0.2, 0.25) is 0 Å². The van der Waals surface area contributed by atoms with Gasteiger partial charge in [-0.3, -0.25) is 9.36 Å². The number of esters is 1. The molecule has 66 valence electrons. The number of hydrogen-bond acceptors (Lipinski definition) is 4. The van der Waals surface area contributed by atoms with Crippen LogP contribution in [0.25, 0.3) is 0 Å². The van der Waals surface area contributed by atoms with Gasteiger partial charge in [0.1, 0.15) is 6.16 Å². The molecule has 1 atom stereocenters. The molecule has 1 unspecified atom stereocenters. The summed E-state index contributed by atoms with van der Waals surface area (Å²) in [6, 6.07) is 0. The van der Waals surface area contributed by atoms with Crippen LogP contribution in [0, 0.1) is 0 Å². The highest BCUT2D eigenvalue weighted by atomic mass is 31.2. The van der Waals surface area contributed by atoms with Crippen LogP contribution < -0.4 is 0 Å². The van der Waals surface area contributed by atoms with Crippen molar-refractivity contribution in [1.29, 1.82) is 0 Å². The van der Waals surface area contributed by atoms with Crippen LogP contribution in [0.4, 0.5) is 0 Å². The highest BCUT2D eigenvalue weighted by Gasteiger charge is 2.23. The van der Waals surface area contributed by atoms with E-state index in [9.17, 15) is 9.36 Å². The van der Waals surface area contributed by atoms with E-state index in [0.717, 1.165) is 0 Å². The van der Waals surface area contributed by atoms with Crippen molar-refractivity contribution in [2.24, 2.45) is 0 Å². The predicted molar refractivity (Wildman–Crippen MR) is 42.0 cm³/mol. The Morgan fingerprint density at radius 2 is 2.00 bits per heavy atom. The Bertz CT molecular complexity index is 169. The predicted octanol–water partition coefficient (Wildman–Crippen LogP) is 1.10. The highest BCUT2D eigenvalue weighted by molar-refractivity contribution is 7.59. The van der Waals surface area contributed by atoms with Gasteiger partial charge in [0, 0.05) is 13.3 Å². The van der Waals surface area contributed by atoms with Gasteiger partial charge in [-0.05, 0) is 0 Å². The summed E-state index contributed by atoms with van der Waals surface area (Å²) in [4.78, 5) is 10.7. The quantitative estimate of drug-likeness (QED) is 0.480. The van der Waals surface area contributed by atoms with E-state index in [1.807, 2.05) is 0 Å². The van der Waals surface area contributed by atoms with E-state index in [2.05, 4.69) is 4.74 Å². The van der Waals surface area contributed by atoms with Crippen molar-refractivity contribution in [2.45, 2.75) is 6.92 Å². The van der Waals surface area contributed by atoms with Crippen LogP contribution in [-0.4, -0.2) is 32.5 Å². The SMILES string of the molecule is CCP(=O)(CC(=O)OC)OC. The van der Waals surface area contributed by atoms with Crippen molar-refractivity contribution in [2.75, 3.05) is 26.5 Å². The van der Waals surface area contributed by atoms with Gasteiger partial charge >= 0.3 is 5.97 Å². The van der Waals surface area contributed by atoms with Crippen molar-refractivity contribution < 1.29 is 18.6 Å². The molecular formula is C6H13O4P. The maximum atomic E-state index is 11.4.